The number of hydrogen-bond donors (Lipinski definition) is 2. The summed E-state index contributed by atoms with van der Waals surface area (Å²) < 4.78 is 31.7. The van der Waals surface area contributed by atoms with Gasteiger partial charge in [-0.2, -0.15) is 5.10 Å². The summed E-state index contributed by atoms with van der Waals surface area (Å²) in [6.07, 6.45) is 2.24. The quantitative estimate of drug-likeness (QED) is 0.362. The molecule has 1 atom stereocenters. The zero-order chi connectivity index (χ0) is 17.7. The number of benzene rings is 1. The van der Waals surface area contributed by atoms with E-state index >= 15 is 0 Å². The molecule has 3 N–H and O–H groups in total. The van der Waals surface area contributed by atoms with Crippen molar-refractivity contribution in [2.24, 2.45) is 16.9 Å². The zero-order valence-electron chi connectivity index (χ0n) is 13.8. The summed E-state index contributed by atoms with van der Waals surface area (Å²) in [6, 6.07) is 5.52. The number of hydrazone groups is 1. The van der Waals surface area contributed by atoms with Gasteiger partial charge in [-0.1, -0.05) is 17.9 Å². The zero-order valence-corrected chi connectivity index (χ0v) is 13.8. The molecule has 24 heavy (non-hydrogen) atoms. The van der Waals surface area contributed by atoms with Crippen molar-refractivity contribution < 1.29 is 13.5 Å². The molecule has 0 spiro atoms. The van der Waals surface area contributed by atoms with E-state index in [0.29, 0.717) is 11.5 Å². The third-order valence-electron chi connectivity index (χ3n) is 3.63. The average molecular weight is 333 g/mol. The third-order valence-corrected chi connectivity index (χ3v) is 3.63. The molecule has 1 aliphatic carbocycles. The molecule has 1 fully saturated rings. The Hall–Kier alpha value is -2.26. The molecule has 0 aromatic heterocycles. The molecule has 0 heterocycles. The van der Waals surface area contributed by atoms with Crippen LogP contribution in [0.25, 0.3) is 0 Å². The number of halogens is 2. The largest absolute Gasteiger partial charge is 0.361 e. The first-order valence-corrected chi connectivity index (χ1v) is 7.74. The van der Waals surface area contributed by atoms with Crippen LogP contribution < -0.4 is 5.84 Å². The first-order valence-electron chi connectivity index (χ1n) is 7.74. The van der Waals surface area contributed by atoms with Crippen LogP contribution in [0.1, 0.15) is 42.6 Å². The van der Waals surface area contributed by atoms with E-state index in [9.17, 15) is 8.78 Å². The lowest BCUT2D eigenvalue weighted by Gasteiger charge is -2.22. The Kier molecular flexibility index (Phi) is 5.68. The molecule has 0 aliphatic heterocycles. The maximum absolute atomic E-state index is 13.2. The standard InChI is InChI=1S/C18H21F2N3O/c1-12-3-4-14(8-7-13-5-6-13)9-15(12)17(16(10-21)23-22)24-11-18(2,19)20/h3-4,9-10,13,17,21H,5-6,11,22H2,1-2H3/b21-10?,23-16+. The number of hydrogen-bond acceptors (Lipinski definition) is 4. The Bertz CT molecular complexity index is 694. The van der Waals surface area contributed by atoms with Crippen molar-refractivity contribution in [1.29, 1.82) is 5.41 Å². The van der Waals surface area contributed by atoms with Gasteiger partial charge in [0.15, 0.2) is 0 Å². The number of ether oxygens (including phenoxy) is 1. The van der Waals surface area contributed by atoms with Gasteiger partial charge in [-0.05, 0) is 43.0 Å². The second-order valence-electron chi connectivity index (χ2n) is 6.07. The fourth-order valence-electron chi connectivity index (χ4n) is 2.16. The summed E-state index contributed by atoms with van der Waals surface area (Å²) >= 11 is 0. The molecule has 1 aliphatic rings. The van der Waals surface area contributed by atoms with E-state index in [0.717, 1.165) is 37.1 Å². The molecule has 0 saturated heterocycles. The van der Waals surface area contributed by atoms with E-state index in [1.165, 1.54) is 0 Å². The molecule has 4 nitrogen and oxygen atoms in total. The van der Waals surface area contributed by atoms with Crippen LogP contribution in [0.5, 0.6) is 0 Å². The van der Waals surface area contributed by atoms with Gasteiger partial charge in [0.25, 0.3) is 5.92 Å². The second kappa shape index (κ2) is 7.54. The number of nitrogens with zero attached hydrogens (tertiary/aromatic N) is 1. The number of aryl methyl sites for hydroxylation is 1. The van der Waals surface area contributed by atoms with Gasteiger partial charge in [-0.3, -0.25) is 0 Å². The summed E-state index contributed by atoms with van der Waals surface area (Å²) in [5.41, 5.74) is 2.32. The number of nitrogens with one attached hydrogen (secondary N) is 1. The fraction of sp³-hybridized carbons (Fsp3) is 0.444. The van der Waals surface area contributed by atoms with E-state index in [4.69, 9.17) is 16.0 Å². The van der Waals surface area contributed by atoms with Crippen LogP contribution in [-0.2, 0) is 4.74 Å². The maximum Gasteiger partial charge on any atom is 0.268 e. The Morgan fingerprint density at radius 1 is 1.54 bits per heavy atom. The molecule has 2 rings (SSSR count). The highest BCUT2D eigenvalue weighted by atomic mass is 19.3. The van der Waals surface area contributed by atoms with Gasteiger partial charge >= 0.3 is 0 Å². The van der Waals surface area contributed by atoms with Gasteiger partial charge in [-0.15, -0.1) is 0 Å². The highest BCUT2D eigenvalue weighted by Crippen LogP contribution is 2.28. The molecule has 0 amide bonds. The van der Waals surface area contributed by atoms with Crippen LogP contribution >= 0.6 is 0 Å². The van der Waals surface area contributed by atoms with Crippen LogP contribution in [0, 0.1) is 30.1 Å². The summed E-state index contributed by atoms with van der Waals surface area (Å²) in [5, 5.41) is 10.9. The second-order valence-corrected chi connectivity index (χ2v) is 6.07. The lowest BCUT2D eigenvalue weighted by Crippen LogP contribution is -2.26. The first kappa shape index (κ1) is 18.1. The van der Waals surface area contributed by atoms with E-state index < -0.39 is 18.6 Å². The Morgan fingerprint density at radius 2 is 2.25 bits per heavy atom. The first-order chi connectivity index (χ1) is 11.3. The summed E-state index contributed by atoms with van der Waals surface area (Å²) in [7, 11) is 0. The van der Waals surface area contributed by atoms with Crippen molar-refractivity contribution in [1.82, 2.24) is 0 Å². The van der Waals surface area contributed by atoms with Crippen molar-refractivity contribution in [3.05, 3.63) is 34.9 Å². The maximum atomic E-state index is 13.2. The van der Waals surface area contributed by atoms with E-state index in [2.05, 4.69) is 16.9 Å². The van der Waals surface area contributed by atoms with Gasteiger partial charge in [0.2, 0.25) is 0 Å². The van der Waals surface area contributed by atoms with E-state index in [1.54, 1.807) is 6.07 Å². The van der Waals surface area contributed by atoms with Gasteiger partial charge in [0.1, 0.15) is 18.4 Å². The topological polar surface area (TPSA) is 71.5 Å². The van der Waals surface area contributed by atoms with Crippen molar-refractivity contribution in [2.45, 2.75) is 38.7 Å². The Balaban J connectivity index is 2.34. The predicted octanol–water partition coefficient (Wildman–Crippen LogP) is 3.43. The van der Waals surface area contributed by atoms with Gasteiger partial charge < -0.3 is 16.0 Å². The minimum atomic E-state index is -2.99. The van der Waals surface area contributed by atoms with Crippen LogP contribution in [0.2, 0.25) is 0 Å². The van der Waals surface area contributed by atoms with Gasteiger partial charge in [-0.25, -0.2) is 8.78 Å². The number of rotatable bonds is 6. The highest BCUT2D eigenvalue weighted by Gasteiger charge is 2.27. The minimum Gasteiger partial charge on any atom is -0.361 e. The molecular weight excluding hydrogens is 312 g/mol. The summed E-state index contributed by atoms with van der Waals surface area (Å²) in [5.74, 6) is 9.03. The molecule has 0 bridgehead atoms. The highest BCUT2D eigenvalue weighted by molar-refractivity contribution is 6.31. The molecule has 1 aromatic carbocycles. The average Bonchev–Trinajstić information content (AvgIpc) is 3.34. The van der Waals surface area contributed by atoms with Crippen LogP contribution in [-0.4, -0.2) is 24.5 Å². The SMILES string of the molecule is Cc1ccc(C#CC2CC2)cc1C(OCC(C)(F)F)/C(C=N)=N/N. The molecule has 128 valence electrons. The number of nitrogens with two attached hydrogens (primary N) is 1. The van der Waals surface area contributed by atoms with E-state index in [-0.39, 0.29) is 5.71 Å². The fourth-order valence-corrected chi connectivity index (χ4v) is 2.16. The lowest BCUT2D eigenvalue weighted by atomic mass is 9.97. The van der Waals surface area contributed by atoms with Gasteiger partial charge in [0.05, 0.1) is 0 Å². The summed E-state index contributed by atoms with van der Waals surface area (Å²) in [4.78, 5) is 0. The lowest BCUT2D eigenvalue weighted by molar-refractivity contribution is -0.0736. The molecular formula is C18H21F2N3O. The molecule has 1 aromatic rings. The molecule has 6 heteroatoms. The summed E-state index contributed by atoms with van der Waals surface area (Å²) in [6.45, 7) is 1.83. The monoisotopic (exact) mass is 333 g/mol. The molecule has 1 unspecified atom stereocenters. The Labute approximate surface area is 140 Å². The third kappa shape index (κ3) is 5.14. The van der Waals surface area contributed by atoms with Crippen LogP contribution in [0.15, 0.2) is 23.3 Å². The minimum absolute atomic E-state index is 0.0784. The molecule has 0 radical (unpaired) electrons. The predicted molar refractivity (Wildman–Crippen MR) is 90.5 cm³/mol. The molecule has 1 saturated carbocycles. The van der Waals surface area contributed by atoms with Gasteiger partial charge in [0, 0.05) is 24.6 Å². The van der Waals surface area contributed by atoms with Crippen LogP contribution in [0.4, 0.5) is 8.78 Å². The number of alkyl halides is 2. The van der Waals surface area contributed by atoms with Crippen LogP contribution in [0.3, 0.4) is 0 Å². The normalized spacial score (nSPS) is 16.2. The Morgan fingerprint density at radius 3 is 2.79 bits per heavy atom. The smallest absolute Gasteiger partial charge is 0.268 e. The van der Waals surface area contributed by atoms with Crippen molar-refractivity contribution in [3.63, 3.8) is 0 Å². The van der Waals surface area contributed by atoms with E-state index in [1.807, 2.05) is 19.1 Å². The van der Waals surface area contributed by atoms with Crippen molar-refractivity contribution >= 4 is 11.9 Å². The van der Waals surface area contributed by atoms with Crippen molar-refractivity contribution in [3.8, 4) is 11.8 Å². The van der Waals surface area contributed by atoms with Crippen molar-refractivity contribution in [2.75, 3.05) is 6.61 Å².